The van der Waals surface area contributed by atoms with Crippen LogP contribution in [0.25, 0.3) is 0 Å². The van der Waals surface area contributed by atoms with E-state index in [4.69, 9.17) is 4.74 Å². The molecule has 0 spiro atoms. The van der Waals surface area contributed by atoms with Gasteiger partial charge in [-0.05, 0) is 40.9 Å². The molecule has 0 aromatic carbocycles. The minimum Gasteiger partial charge on any atom is -0.469 e. The summed E-state index contributed by atoms with van der Waals surface area (Å²) >= 11 is 3.40. The van der Waals surface area contributed by atoms with Gasteiger partial charge in [0, 0.05) is 49.9 Å². The number of halogens is 1. The molecule has 0 N–H and O–H groups in total. The van der Waals surface area contributed by atoms with Crippen LogP contribution in [0.15, 0.2) is 22.8 Å². The topological polar surface area (TPSA) is 66.0 Å². The van der Waals surface area contributed by atoms with Crippen molar-refractivity contribution in [3.8, 4) is 0 Å². The maximum atomic E-state index is 12.5. The fourth-order valence-electron chi connectivity index (χ4n) is 3.51. The van der Waals surface area contributed by atoms with Gasteiger partial charge in [-0.1, -0.05) is 0 Å². The van der Waals surface area contributed by atoms with Crippen LogP contribution in [0.3, 0.4) is 0 Å². The van der Waals surface area contributed by atoms with Crippen LogP contribution in [0.4, 0.5) is 5.82 Å². The number of likely N-dealkylation sites (tertiary alicyclic amines) is 1. The molecule has 2 saturated heterocycles. The van der Waals surface area contributed by atoms with Crippen LogP contribution in [-0.2, 0) is 14.3 Å². The van der Waals surface area contributed by atoms with Gasteiger partial charge in [0.05, 0.1) is 19.6 Å². The van der Waals surface area contributed by atoms with E-state index in [-0.39, 0.29) is 17.8 Å². The van der Waals surface area contributed by atoms with Gasteiger partial charge in [0.2, 0.25) is 5.91 Å². The zero-order valence-corrected chi connectivity index (χ0v) is 16.7. The second-order valence-corrected chi connectivity index (χ2v) is 7.69. The van der Waals surface area contributed by atoms with E-state index < -0.39 is 0 Å². The minimum atomic E-state index is -0.158. The number of anilines is 1. The molecule has 142 valence electrons. The molecule has 2 fully saturated rings. The SMILES string of the molecule is COC(=O)C1CCN(C(=O)CN2CCN(c3ccc(Br)cn3)CC2)CC1. The van der Waals surface area contributed by atoms with E-state index in [9.17, 15) is 9.59 Å². The zero-order chi connectivity index (χ0) is 18.5. The number of piperidine rings is 1. The van der Waals surface area contributed by atoms with Crippen LogP contribution < -0.4 is 4.90 Å². The van der Waals surface area contributed by atoms with Crippen LogP contribution in [0, 0.1) is 5.92 Å². The number of hydrogen-bond donors (Lipinski definition) is 0. The average molecular weight is 425 g/mol. The quantitative estimate of drug-likeness (QED) is 0.680. The van der Waals surface area contributed by atoms with Crippen molar-refractivity contribution in [3.63, 3.8) is 0 Å². The van der Waals surface area contributed by atoms with Gasteiger partial charge in [0.1, 0.15) is 5.82 Å². The normalized spacial score (nSPS) is 19.5. The Labute approximate surface area is 162 Å². The molecule has 1 amide bonds. The molecular weight excluding hydrogens is 400 g/mol. The van der Waals surface area contributed by atoms with Gasteiger partial charge in [0.15, 0.2) is 0 Å². The largest absolute Gasteiger partial charge is 0.469 e. The molecule has 2 aliphatic rings. The van der Waals surface area contributed by atoms with Crippen molar-refractivity contribution in [2.24, 2.45) is 5.92 Å². The summed E-state index contributed by atoms with van der Waals surface area (Å²) in [4.78, 5) is 34.9. The summed E-state index contributed by atoms with van der Waals surface area (Å²) in [6.45, 7) is 5.16. The second kappa shape index (κ2) is 8.81. The Morgan fingerprint density at radius 2 is 1.85 bits per heavy atom. The Hall–Kier alpha value is -1.67. The molecule has 0 unspecified atom stereocenters. The number of methoxy groups -OCH3 is 1. The van der Waals surface area contributed by atoms with E-state index in [1.54, 1.807) is 0 Å². The third-order valence-corrected chi connectivity index (χ3v) is 5.62. The lowest BCUT2D eigenvalue weighted by atomic mass is 9.97. The molecule has 26 heavy (non-hydrogen) atoms. The van der Waals surface area contributed by atoms with E-state index in [2.05, 4.69) is 30.7 Å². The molecule has 3 rings (SSSR count). The van der Waals surface area contributed by atoms with Crippen molar-refractivity contribution in [2.45, 2.75) is 12.8 Å². The Morgan fingerprint density at radius 1 is 1.15 bits per heavy atom. The first-order chi connectivity index (χ1) is 12.6. The van der Waals surface area contributed by atoms with Crippen LogP contribution in [0.1, 0.15) is 12.8 Å². The fraction of sp³-hybridized carbons (Fsp3) is 0.611. The zero-order valence-electron chi connectivity index (χ0n) is 15.1. The molecular formula is C18H25BrN4O3. The molecule has 0 atom stereocenters. The number of hydrogen-bond acceptors (Lipinski definition) is 6. The highest BCUT2D eigenvalue weighted by atomic mass is 79.9. The van der Waals surface area contributed by atoms with Crippen LogP contribution in [0.2, 0.25) is 0 Å². The van der Waals surface area contributed by atoms with E-state index in [0.717, 1.165) is 36.5 Å². The number of aromatic nitrogens is 1. The summed E-state index contributed by atoms with van der Waals surface area (Å²) in [5.41, 5.74) is 0. The first kappa shape index (κ1) is 19.1. The van der Waals surface area contributed by atoms with Gasteiger partial charge in [0.25, 0.3) is 0 Å². The highest BCUT2D eigenvalue weighted by Gasteiger charge is 2.29. The fourth-order valence-corrected chi connectivity index (χ4v) is 3.75. The third kappa shape index (κ3) is 4.73. The molecule has 1 aromatic rings. The molecule has 0 bridgehead atoms. The molecule has 0 radical (unpaired) electrons. The summed E-state index contributed by atoms with van der Waals surface area (Å²) in [7, 11) is 1.42. The maximum Gasteiger partial charge on any atom is 0.308 e. The monoisotopic (exact) mass is 424 g/mol. The van der Waals surface area contributed by atoms with Crippen molar-refractivity contribution in [2.75, 3.05) is 57.8 Å². The number of amides is 1. The van der Waals surface area contributed by atoms with Gasteiger partial charge in [-0.2, -0.15) is 0 Å². The van der Waals surface area contributed by atoms with Crippen LogP contribution >= 0.6 is 15.9 Å². The lowest BCUT2D eigenvalue weighted by Crippen LogP contribution is -2.51. The first-order valence-electron chi connectivity index (χ1n) is 9.01. The predicted octanol–water partition coefficient (Wildman–Crippen LogP) is 1.38. The average Bonchev–Trinajstić information content (AvgIpc) is 2.69. The summed E-state index contributed by atoms with van der Waals surface area (Å²) in [6, 6.07) is 4.01. The lowest BCUT2D eigenvalue weighted by Gasteiger charge is -2.37. The van der Waals surface area contributed by atoms with Gasteiger partial charge in [-0.15, -0.1) is 0 Å². The lowest BCUT2D eigenvalue weighted by molar-refractivity contribution is -0.149. The number of ether oxygens (including phenoxy) is 1. The molecule has 0 aliphatic carbocycles. The smallest absolute Gasteiger partial charge is 0.308 e. The van der Waals surface area contributed by atoms with Crippen LogP contribution in [0.5, 0.6) is 0 Å². The highest BCUT2D eigenvalue weighted by molar-refractivity contribution is 9.10. The molecule has 3 heterocycles. The van der Waals surface area contributed by atoms with E-state index in [1.165, 1.54) is 7.11 Å². The van der Waals surface area contributed by atoms with Gasteiger partial charge in [-0.3, -0.25) is 14.5 Å². The van der Waals surface area contributed by atoms with Crippen molar-refractivity contribution in [1.82, 2.24) is 14.8 Å². The first-order valence-corrected chi connectivity index (χ1v) is 9.80. The van der Waals surface area contributed by atoms with Gasteiger partial charge in [-0.25, -0.2) is 4.98 Å². The minimum absolute atomic E-state index is 0.0639. The summed E-state index contributed by atoms with van der Waals surface area (Å²) in [6.07, 6.45) is 3.20. The Morgan fingerprint density at radius 3 is 2.42 bits per heavy atom. The van der Waals surface area contributed by atoms with Crippen molar-refractivity contribution < 1.29 is 14.3 Å². The van der Waals surface area contributed by atoms with E-state index in [1.807, 2.05) is 23.2 Å². The predicted molar refractivity (Wildman–Crippen MR) is 102 cm³/mol. The summed E-state index contributed by atoms with van der Waals surface area (Å²) < 4.78 is 5.77. The Kier molecular flexibility index (Phi) is 6.48. The Bertz CT molecular complexity index is 624. The van der Waals surface area contributed by atoms with Crippen molar-refractivity contribution >= 4 is 33.6 Å². The summed E-state index contributed by atoms with van der Waals surface area (Å²) in [5.74, 6) is 0.911. The number of esters is 1. The molecule has 7 nitrogen and oxygen atoms in total. The molecule has 8 heteroatoms. The van der Waals surface area contributed by atoms with Gasteiger partial charge >= 0.3 is 5.97 Å². The highest BCUT2D eigenvalue weighted by Crippen LogP contribution is 2.19. The third-order valence-electron chi connectivity index (χ3n) is 5.15. The number of rotatable bonds is 4. The van der Waals surface area contributed by atoms with Crippen molar-refractivity contribution in [3.05, 3.63) is 22.8 Å². The number of piperazine rings is 1. The van der Waals surface area contributed by atoms with Crippen molar-refractivity contribution in [1.29, 1.82) is 0 Å². The van der Waals surface area contributed by atoms with Gasteiger partial charge < -0.3 is 14.5 Å². The standard InChI is InChI=1S/C18H25BrN4O3/c1-26-18(25)14-4-6-23(7-5-14)17(24)13-21-8-10-22(11-9-21)16-3-2-15(19)12-20-16/h2-3,12,14H,4-11,13H2,1H3. The number of carbonyl (C=O) groups excluding carboxylic acids is 2. The maximum absolute atomic E-state index is 12.5. The van der Waals surface area contributed by atoms with E-state index in [0.29, 0.717) is 32.5 Å². The molecule has 0 saturated carbocycles. The molecule has 2 aliphatic heterocycles. The van der Waals surface area contributed by atoms with E-state index >= 15 is 0 Å². The second-order valence-electron chi connectivity index (χ2n) is 6.78. The Balaban J connectivity index is 1.42. The van der Waals surface area contributed by atoms with Crippen LogP contribution in [-0.4, -0.2) is 79.6 Å². The number of carbonyl (C=O) groups is 2. The number of nitrogens with zero attached hydrogens (tertiary/aromatic N) is 4. The summed E-state index contributed by atoms with van der Waals surface area (Å²) in [5, 5.41) is 0. The molecule has 1 aromatic heterocycles. The number of pyridine rings is 1.